The third-order valence-corrected chi connectivity index (χ3v) is 3.17. The summed E-state index contributed by atoms with van der Waals surface area (Å²) in [7, 11) is 0. The highest BCUT2D eigenvalue weighted by Crippen LogP contribution is 2.31. The van der Waals surface area contributed by atoms with E-state index in [-0.39, 0.29) is 0 Å². The van der Waals surface area contributed by atoms with Crippen LogP contribution in [0.5, 0.6) is 0 Å². The third kappa shape index (κ3) is 2.83. The van der Waals surface area contributed by atoms with E-state index in [1.807, 2.05) is 18.2 Å². The number of carbonyl (C=O) groups is 1. The van der Waals surface area contributed by atoms with Crippen molar-refractivity contribution in [2.24, 2.45) is 0 Å². The minimum absolute atomic E-state index is 0.417. The largest absolute Gasteiger partial charge is 0.479 e. The number of carboxylic acids is 1. The van der Waals surface area contributed by atoms with Gasteiger partial charge in [-0.1, -0.05) is 29.8 Å². The fourth-order valence-corrected chi connectivity index (χ4v) is 2.29. The summed E-state index contributed by atoms with van der Waals surface area (Å²) in [5, 5.41) is 9.73. The zero-order valence-corrected chi connectivity index (χ0v) is 11.0. The van der Waals surface area contributed by atoms with E-state index in [4.69, 9.17) is 26.2 Å². The van der Waals surface area contributed by atoms with Crippen LogP contribution in [0.3, 0.4) is 0 Å². The summed E-state index contributed by atoms with van der Waals surface area (Å²) < 4.78 is 11.0. The van der Waals surface area contributed by atoms with E-state index in [1.165, 1.54) is 0 Å². The molecule has 1 aromatic rings. The Morgan fingerprint density at radius 1 is 1.39 bits per heavy atom. The van der Waals surface area contributed by atoms with E-state index < -0.39 is 24.0 Å². The van der Waals surface area contributed by atoms with Gasteiger partial charge in [-0.15, -0.1) is 0 Å². The zero-order chi connectivity index (χ0) is 13.3. The van der Waals surface area contributed by atoms with Crippen LogP contribution in [0.1, 0.15) is 19.4 Å². The van der Waals surface area contributed by atoms with Crippen LogP contribution in [0.4, 0.5) is 0 Å². The first-order chi connectivity index (χ1) is 8.39. The third-order valence-electron chi connectivity index (χ3n) is 2.81. The van der Waals surface area contributed by atoms with Crippen molar-refractivity contribution in [2.45, 2.75) is 38.3 Å². The molecule has 18 heavy (non-hydrogen) atoms. The van der Waals surface area contributed by atoms with Gasteiger partial charge in [-0.3, -0.25) is 0 Å². The molecule has 0 amide bonds. The van der Waals surface area contributed by atoms with Crippen LogP contribution in [-0.2, 0) is 20.7 Å². The standard InChI is InChI=1S/C13H15ClO4/c1-13(2)17-10(11(18-13)12(15)16)7-8-5-3-4-6-9(8)14/h3-6,10-11H,7H2,1-2H3,(H,15,16). The average Bonchev–Trinajstić information content (AvgIpc) is 2.57. The number of aliphatic carboxylic acids is 1. The van der Waals surface area contributed by atoms with Crippen molar-refractivity contribution in [1.82, 2.24) is 0 Å². The highest BCUT2D eigenvalue weighted by molar-refractivity contribution is 6.31. The molecule has 2 rings (SSSR count). The van der Waals surface area contributed by atoms with Crippen molar-refractivity contribution in [2.75, 3.05) is 0 Å². The predicted molar refractivity (Wildman–Crippen MR) is 66.6 cm³/mol. The molecule has 1 fully saturated rings. The molecule has 1 aliphatic heterocycles. The molecule has 1 heterocycles. The lowest BCUT2D eigenvalue weighted by Gasteiger charge is -2.16. The van der Waals surface area contributed by atoms with Crippen LogP contribution in [0.25, 0.3) is 0 Å². The molecule has 1 aromatic carbocycles. The molecular formula is C13H15ClO4. The van der Waals surface area contributed by atoms with Crippen molar-refractivity contribution in [1.29, 1.82) is 0 Å². The Bertz CT molecular complexity index is 458. The Morgan fingerprint density at radius 2 is 2.06 bits per heavy atom. The van der Waals surface area contributed by atoms with Crippen molar-refractivity contribution >= 4 is 17.6 Å². The molecule has 0 aliphatic carbocycles. The molecule has 98 valence electrons. The van der Waals surface area contributed by atoms with E-state index >= 15 is 0 Å². The van der Waals surface area contributed by atoms with E-state index in [0.717, 1.165) is 5.56 Å². The maximum atomic E-state index is 11.1. The first kappa shape index (κ1) is 13.3. The van der Waals surface area contributed by atoms with E-state index in [1.54, 1.807) is 19.9 Å². The SMILES string of the molecule is CC1(C)OC(Cc2ccccc2Cl)C(C(=O)O)O1. The van der Waals surface area contributed by atoms with Gasteiger partial charge in [0.25, 0.3) is 0 Å². The van der Waals surface area contributed by atoms with Gasteiger partial charge in [0.15, 0.2) is 11.9 Å². The molecule has 0 aromatic heterocycles. The number of benzene rings is 1. The van der Waals surface area contributed by atoms with Gasteiger partial charge in [0, 0.05) is 11.4 Å². The van der Waals surface area contributed by atoms with E-state index in [0.29, 0.717) is 11.4 Å². The van der Waals surface area contributed by atoms with Gasteiger partial charge in [0.1, 0.15) is 6.10 Å². The normalized spacial score (nSPS) is 26.2. The molecule has 1 aliphatic rings. The van der Waals surface area contributed by atoms with Gasteiger partial charge in [0.05, 0.1) is 0 Å². The number of hydrogen-bond donors (Lipinski definition) is 1. The van der Waals surface area contributed by atoms with Gasteiger partial charge in [-0.25, -0.2) is 4.79 Å². The van der Waals surface area contributed by atoms with Crippen LogP contribution < -0.4 is 0 Å². The molecule has 5 heteroatoms. The van der Waals surface area contributed by atoms with Crippen molar-refractivity contribution < 1.29 is 19.4 Å². The monoisotopic (exact) mass is 270 g/mol. The van der Waals surface area contributed by atoms with Crippen LogP contribution >= 0.6 is 11.6 Å². The fraction of sp³-hybridized carbons (Fsp3) is 0.462. The summed E-state index contributed by atoms with van der Waals surface area (Å²) in [4.78, 5) is 11.1. The molecule has 0 bridgehead atoms. The van der Waals surface area contributed by atoms with Gasteiger partial charge in [-0.2, -0.15) is 0 Å². The topological polar surface area (TPSA) is 55.8 Å². The van der Waals surface area contributed by atoms with Crippen molar-refractivity contribution in [3.05, 3.63) is 34.9 Å². The van der Waals surface area contributed by atoms with Crippen molar-refractivity contribution in [3.63, 3.8) is 0 Å². The lowest BCUT2D eigenvalue weighted by molar-refractivity contribution is -0.165. The Balaban J connectivity index is 2.17. The molecule has 0 radical (unpaired) electrons. The zero-order valence-electron chi connectivity index (χ0n) is 10.2. The molecule has 2 atom stereocenters. The summed E-state index contributed by atoms with van der Waals surface area (Å²) in [6.07, 6.45) is -1.08. The highest BCUT2D eigenvalue weighted by Gasteiger charge is 2.45. The summed E-state index contributed by atoms with van der Waals surface area (Å²) in [5.41, 5.74) is 0.858. The number of hydrogen-bond acceptors (Lipinski definition) is 3. The minimum atomic E-state index is -1.02. The second-order valence-electron chi connectivity index (χ2n) is 4.73. The van der Waals surface area contributed by atoms with Gasteiger partial charge >= 0.3 is 5.97 Å². The first-order valence-electron chi connectivity index (χ1n) is 5.71. The van der Waals surface area contributed by atoms with Crippen molar-refractivity contribution in [3.8, 4) is 0 Å². The summed E-state index contributed by atoms with van der Waals surface area (Å²) >= 11 is 6.06. The number of carboxylic acid groups (broad SMARTS) is 1. The van der Waals surface area contributed by atoms with Gasteiger partial charge < -0.3 is 14.6 Å². The van der Waals surface area contributed by atoms with E-state index in [9.17, 15) is 4.79 Å². The highest BCUT2D eigenvalue weighted by atomic mass is 35.5. The van der Waals surface area contributed by atoms with E-state index in [2.05, 4.69) is 0 Å². The number of rotatable bonds is 3. The summed E-state index contributed by atoms with van der Waals surface area (Å²) in [5.74, 6) is -1.90. The fourth-order valence-electron chi connectivity index (χ4n) is 2.07. The predicted octanol–water partition coefficient (Wildman–Crippen LogP) is 2.49. The number of halogens is 1. The molecule has 4 nitrogen and oxygen atoms in total. The maximum Gasteiger partial charge on any atom is 0.335 e. The summed E-state index contributed by atoms with van der Waals surface area (Å²) in [6, 6.07) is 7.32. The second-order valence-corrected chi connectivity index (χ2v) is 5.14. The van der Waals surface area contributed by atoms with Crippen LogP contribution in [0, 0.1) is 0 Å². The quantitative estimate of drug-likeness (QED) is 0.917. The Kier molecular flexibility index (Phi) is 3.61. The lowest BCUT2D eigenvalue weighted by atomic mass is 10.0. The lowest BCUT2D eigenvalue weighted by Crippen LogP contribution is -2.32. The minimum Gasteiger partial charge on any atom is -0.479 e. The summed E-state index contributed by atoms with van der Waals surface area (Å²) in [6.45, 7) is 3.41. The Hall–Kier alpha value is -1.10. The van der Waals surface area contributed by atoms with Gasteiger partial charge in [-0.05, 0) is 25.5 Å². The molecule has 2 unspecified atom stereocenters. The molecule has 1 saturated heterocycles. The molecule has 1 N–H and O–H groups in total. The maximum absolute atomic E-state index is 11.1. The Labute approximate surface area is 110 Å². The van der Waals surface area contributed by atoms with Crippen LogP contribution in [-0.4, -0.2) is 29.1 Å². The van der Waals surface area contributed by atoms with Crippen LogP contribution in [0.2, 0.25) is 5.02 Å². The molecule has 0 saturated carbocycles. The Morgan fingerprint density at radius 3 is 2.67 bits per heavy atom. The molecule has 0 spiro atoms. The first-order valence-corrected chi connectivity index (χ1v) is 6.09. The van der Waals surface area contributed by atoms with Gasteiger partial charge in [0.2, 0.25) is 0 Å². The second kappa shape index (κ2) is 4.88. The number of ether oxygens (including phenoxy) is 2. The smallest absolute Gasteiger partial charge is 0.335 e. The van der Waals surface area contributed by atoms with Crippen LogP contribution in [0.15, 0.2) is 24.3 Å². The molecular weight excluding hydrogens is 256 g/mol. The average molecular weight is 271 g/mol.